The Hall–Kier alpha value is -5.58. The normalized spacial score (nSPS) is 13.3. The molecule has 2 aromatic heterocycles. The van der Waals surface area contributed by atoms with Gasteiger partial charge in [0.25, 0.3) is 11.8 Å². The van der Waals surface area contributed by atoms with E-state index in [9.17, 15) is 9.59 Å². The second-order valence-corrected chi connectivity index (χ2v) is 10.1. The van der Waals surface area contributed by atoms with Crippen molar-refractivity contribution in [3.63, 3.8) is 0 Å². The number of piperazine rings is 1. The second kappa shape index (κ2) is 11.1. The van der Waals surface area contributed by atoms with Crippen molar-refractivity contribution in [2.24, 2.45) is 0 Å². The number of aryl methyl sites for hydroxylation is 1. The Kier molecular flexibility index (Phi) is 7.05. The summed E-state index contributed by atoms with van der Waals surface area (Å²) in [5, 5.41) is 6.06. The number of amides is 2. The molecule has 3 heterocycles. The smallest absolute Gasteiger partial charge is 0.259 e. The van der Waals surface area contributed by atoms with E-state index in [-0.39, 0.29) is 34.3 Å². The van der Waals surface area contributed by atoms with Crippen LogP contribution in [0.4, 0.5) is 34.5 Å². The van der Waals surface area contributed by atoms with Gasteiger partial charge < -0.3 is 36.3 Å². The van der Waals surface area contributed by atoms with Crippen LogP contribution in [0.15, 0.2) is 83.5 Å². The van der Waals surface area contributed by atoms with Crippen LogP contribution in [0.2, 0.25) is 0 Å². The predicted octanol–water partition coefficient (Wildman–Crippen LogP) is 4.53. The Morgan fingerprint density at radius 2 is 1.48 bits per heavy atom. The maximum Gasteiger partial charge on any atom is 0.259 e. The van der Waals surface area contributed by atoms with Crippen molar-refractivity contribution in [3.8, 4) is 0 Å². The van der Waals surface area contributed by atoms with Crippen LogP contribution >= 0.6 is 0 Å². The number of benzene rings is 3. The van der Waals surface area contributed by atoms with Gasteiger partial charge in [-0.25, -0.2) is 0 Å². The number of anilines is 6. The first-order valence-corrected chi connectivity index (χ1v) is 13.5. The highest BCUT2D eigenvalue weighted by atomic mass is 16.3. The molecule has 212 valence electrons. The summed E-state index contributed by atoms with van der Waals surface area (Å²) in [4.78, 5) is 38.7. The average molecular weight is 563 g/mol. The van der Waals surface area contributed by atoms with Crippen LogP contribution in [0, 0.1) is 6.92 Å². The lowest BCUT2D eigenvalue weighted by atomic mass is 10.1. The molecule has 11 heteroatoms. The highest BCUT2D eigenvalue weighted by Gasteiger charge is 2.20. The van der Waals surface area contributed by atoms with Gasteiger partial charge in [-0.05, 0) is 61.0 Å². The first kappa shape index (κ1) is 26.6. The number of nitrogens with one attached hydrogen (secondary N) is 2. The van der Waals surface area contributed by atoms with E-state index < -0.39 is 5.91 Å². The molecule has 0 radical (unpaired) electrons. The minimum Gasteiger partial charge on any atom is -0.445 e. The number of aromatic nitrogens is 2. The largest absolute Gasteiger partial charge is 0.445 e. The summed E-state index contributed by atoms with van der Waals surface area (Å²) in [5.74, 6) is -0.702. The Labute approximate surface area is 242 Å². The summed E-state index contributed by atoms with van der Waals surface area (Å²) in [5.41, 5.74) is 16.6. The number of para-hydroxylation sites is 1. The first-order valence-electron chi connectivity index (χ1n) is 13.5. The van der Waals surface area contributed by atoms with Gasteiger partial charge in [0.05, 0.1) is 10.9 Å². The number of nitrogens with zero attached hydrogens (tertiary/aromatic N) is 4. The zero-order valence-electron chi connectivity index (χ0n) is 23.0. The van der Waals surface area contributed by atoms with Crippen molar-refractivity contribution in [1.29, 1.82) is 0 Å². The van der Waals surface area contributed by atoms with E-state index in [1.807, 2.05) is 43.3 Å². The zero-order valence-corrected chi connectivity index (χ0v) is 23.0. The van der Waals surface area contributed by atoms with Gasteiger partial charge in [0.2, 0.25) is 11.7 Å². The molecular formula is C31H30N8O3. The van der Waals surface area contributed by atoms with Gasteiger partial charge in [0.1, 0.15) is 12.1 Å². The van der Waals surface area contributed by atoms with Gasteiger partial charge in [0.15, 0.2) is 0 Å². The molecule has 0 saturated carbocycles. The van der Waals surface area contributed by atoms with E-state index in [1.165, 1.54) is 12.0 Å². The fourth-order valence-electron chi connectivity index (χ4n) is 5.07. The molecule has 0 spiro atoms. The Morgan fingerprint density at radius 3 is 2.17 bits per heavy atom. The molecule has 3 aromatic carbocycles. The molecule has 1 aliphatic heterocycles. The van der Waals surface area contributed by atoms with E-state index in [4.69, 9.17) is 15.9 Å². The number of carbonyl (C=O) groups excluding carboxylic acids is 2. The maximum absolute atomic E-state index is 13.1. The number of hydrogen-bond donors (Lipinski definition) is 4. The second-order valence-electron chi connectivity index (χ2n) is 10.1. The third kappa shape index (κ3) is 5.39. The van der Waals surface area contributed by atoms with Crippen molar-refractivity contribution in [1.82, 2.24) is 9.97 Å². The fraction of sp³-hybridized carbons (Fsp3) is 0.161. The van der Waals surface area contributed by atoms with E-state index in [1.54, 1.807) is 12.1 Å². The minimum atomic E-state index is -0.458. The van der Waals surface area contributed by atoms with Gasteiger partial charge in [0, 0.05) is 54.5 Å². The van der Waals surface area contributed by atoms with Crippen LogP contribution in [0.5, 0.6) is 0 Å². The number of hydrogen-bond acceptors (Lipinski definition) is 9. The number of furan rings is 1. The van der Waals surface area contributed by atoms with Crippen LogP contribution in [0.25, 0.3) is 11.1 Å². The third-order valence-electron chi connectivity index (χ3n) is 7.36. The molecule has 0 aliphatic carbocycles. The molecule has 6 rings (SSSR count). The molecule has 0 atom stereocenters. The van der Waals surface area contributed by atoms with Crippen molar-refractivity contribution in [2.45, 2.75) is 6.92 Å². The summed E-state index contributed by atoms with van der Waals surface area (Å²) >= 11 is 0. The monoisotopic (exact) mass is 562 g/mol. The van der Waals surface area contributed by atoms with E-state index in [0.29, 0.717) is 16.9 Å². The molecule has 6 N–H and O–H groups in total. The van der Waals surface area contributed by atoms with Crippen LogP contribution in [0.1, 0.15) is 26.3 Å². The fourth-order valence-corrected chi connectivity index (χ4v) is 5.07. The average Bonchev–Trinajstić information content (AvgIpc) is 3.44. The quantitative estimate of drug-likeness (QED) is 0.234. The van der Waals surface area contributed by atoms with Crippen LogP contribution in [-0.2, 0) is 0 Å². The number of rotatable bonds is 6. The van der Waals surface area contributed by atoms with Crippen LogP contribution in [-0.4, -0.2) is 48.0 Å². The number of fused-ring (bicyclic) bond motifs is 1. The Bertz CT molecular complexity index is 1760. The van der Waals surface area contributed by atoms with Gasteiger partial charge in [-0.1, -0.05) is 24.3 Å². The van der Waals surface area contributed by atoms with Gasteiger partial charge in [-0.3, -0.25) is 9.59 Å². The first-order chi connectivity index (χ1) is 20.4. The minimum absolute atomic E-state index is 0.0445. The molecule has 1 saturated heterocycles. The number of nitrogen functional groups attached to an aromatic ring is 2. The topological polar surface area (TPSA) is 156 Å². The molecule has 11 nitrogen and oxygen atoms in total. The van der Waals surface area contributed by atoms with E-state index in [0.717, 1.165) is 37.4 Å². The molecule has 2 amide bonds. The summed E-state index contributed by atoms with van der Waals surface area (Å²) in [6.07, 6.45) is 1.26. The van der Waals surface area contributed by atoms with Crippen LogP contribution < -0.4 is 31.9 Å². The molecule has 1 fully saturated rings. The van der Waals surface area contributed by atoms with Gasteiger partial charge in [-0.15, -0.1) is 0 Å². The van der Waals surface area contributed by atoms with Crippen molar-refractivity contribution in [3.05, 3.63) is 95.7 Å². The summed E-state index contributed by atoms with van der Waals surface area (Å²) < 4.78 is 5.36. The van der Waals surface area contributed by atoms with E-state index >= 15 is 0 Å². The maximum atomic E-state index is 13.1. The number of carbonyl (C=O) groups is 2. The molecule has 1 aliphatic rings. The molecule has 5 aromatic rings. The summed E-state index contributed by atoms with van der Waals surface area (Å²) in [6.45, 7) is 5.53. The standard InChI is InChI=1S/C31H30N8O3/c1-19-7-10-21(17-25(19)35-29(41)24-18-42-30-26(24)27(32)36-31(33)37-30)34-28(40)20-8-11-23(12-9-20)39-15-13-38(14-16-39)22-5-3-2-4-6-22/h2-12,17-18H,13-16H2,1H3,(H,34,40)(H,35,41)(H4,32,33,36,37). The van der Waals surface area contributed by atoms with Crippen molar-refractivity contribution in [2.75, 3.05) is 58.1 Å². The van der Waals surface area contributed by atoms with Crippen molar-refractivity contribution >= 4 is 57.4 Å². The third-order valence-corrected chi connectivity index (χ3v) is 7.36. The lowest BCUT2D eigenvalue weighted by Gasteiger charge is -2.37. The van der Waals surface area contributed by atoms with Gasteiger partial charge in [-0.2, -0.15) is 9.97 Å². The highest BCUT2D eigenvalue weighted by Crippen LogP contribution is 2.28. The Morgan fingerprint density at radius 1 is 0.810 bits per heavy atom. The van der Waals surface area contributed by atoms with Crippen LogP contribution in [0.3, 0.4) is 0 Å². The number of nitrogens with two attached hydrogens (primary N) is 2. The highest BCUT2D eigenvalue weighted by molar-refractivity contribution is 6.14. The molecule has 0 bridgehead atoms. The lowest BCUT2D eigenvalue weighted by Crippen LogP contribution is -2.46. The molecule has 0 unspecified atom stereocenters. The van der Waals surface area contributed by atoms with Gasteiger partial charge >= 0.3 is 0 Å². The predicted molar refractivity (Wildman–Crippen MR) is 165 cm³/mol. The van der Waals surface area contributed by atoms with Crippen molar-refractivity contribution < 1.29 is 14.0 Å². The van der Waals surface area contributed by atoms with E-state index in [2.05, 4.69) is 54.7 Å². The SMILES string of the molecule is Cc1ccc(NC(=O)c2ccc(N3CCN(c4ccccc4)CC3)cc2)cc1NC(=O)c1coc2nc(N)nc(N)c12. The summed E-state index contributed by atoms with van der Waals surface area (Å²) in [7, 11) is 0. The Balaban J connectivity index is 1.10. The molecular weight excluding hydrogens is 532 g/mol. The lowest BCUT2D eigenvalue weighted by molar-refractivity contribution is 0.101. The zero-order chi connectivity index (χ0) is 29.2. The molecule has 42 heavy (non-hydrogen) atoms. The summed E-state index contributed by atoms with van der Waals surface area (Å²) in [6, 6.07) is 23.3.